The van der Waals surface area contributed by atoms with Gasteiger partial charge in [-0.25, -0.2) is 0 Å². The van der Waals surface area contributed by atoms with Gasteiger partial charge in [0.05, 0.1) is 12.3 Å². The van der Waals surface area contributed by atoms with E-state index in [1.807, 2.05) is 13.0 Å². The molecule has 0 radical (unpaired) electrons. The molecule has 66 valence electrons. The van der Waals surface area contributed by atoms with Crippen molar-refractivity contribution in [2.75, 3.05) is 18.5 Å². The second kappa shape index (κ2) is 3.97. The summed E-state index contributed by atoms with van der Waals surface area (Å²) in [4.78, 5) is 0. The number of phenolic OH excluding ortho intramolecular Hbond substituents is 1. The molecule has 0 aliphatic heterocycles. The molecule has 0 amide bonds. The molecule has 1 rings (SSSR count). The number of aliphatic hydroxyl groups is 1. The zero-order chi connectivity index (χ0) is 8.97. The van der Waals surface area contributed by atoms with Crippen molar-refractivity contribution < 1.29 is 10.2 Å². The van der Waals surface area contributed by atoms with Gasteiger partial charge in [0.15, 0.2) is 0 Å². The van der Waals surface area contributed by atoms with Crippen LogP contribution < -0.4 is 5.32 Å². The molecule has 0 aliphatic rings. The van der Waals surface area contributed by atoms with Crippen molar-refractivity contribution in [1.29, 1.82) is 0 Å². The number of aliphatic hydroxyl groups excluding tert-OH is 1. The first-order valence-electron chi connectivity index (χ1n) is 3.89. The van der Waals surface area contributed by atoms with Crippen LogP contribution in [0.15, 0.2) is 18.2 Å². The molecule has 0 spiro atoms. The van der Waals surface area contributed by atoms with Crippen LogP contribution in [0.2, 0.25) is 0 Å². The standard InChI is InChI=1S/C9H13NO2/c1-7-3-2-4-8(12)9(7)10-5-6-11/h2-4,10-12H,5-6H2,1H3. The van der Waals surface area contributed by atoms with Crippen molar-refractivity contribution >= 4 is 5.69 Å². The minimum Gasteiger partial charge on any atom is -0.506 e. The Kier molecular flexibility index (Phi) is 2.94. The van der Waals surface area contributed by atoms with Crippen LogP contribution in [0.4, 0.5) is 5.69 Å². The molecule has 0 atom stereocenters. The van der Waals surface area contributed by atoms with Crippen molar-refractivity contribution in [1.82, 2.24) is 0 Å². The summed E-state index contributed by atoms with van der Waals surface area (Å²) >= 11 is 0. The van der Waals surface area contributed by atoms with Gasteiger partial charge in [-0.2, -0.15) is 0 Å². The van der Waals surface area contributed by atoms with E-state index < -0.39 is 0 Å². The largest absolute Gasteiger partial charge is 0.506 e. The first kappa shape index (κ1) is 8.87. The summed E-state index contributed by atoms with van der Waals surface area (Å²) in [6, 6.07) is 5.31. The lowest BCUT2D eigenvalue weighted by molar-refractivity contribution is 0.311. The monoisotopic (exact) mass is 167 g/mol. The van der Waals surface area contributed by atoms with Crippen molar-refractivity contribution in [2.24, 2.45) is 0 Å². The zero-order valence-electron chi connectivity index (χ0n) is 7.04. The molecule has 0 bridgehead atoms. The number of hydrogen-bond donors (Lipinski definition) is 3. The number of anilines is 1. The Balaban J connectivity index is 2.81. The molecule has 0 unspecified atom stereocenters. The molecular weight excluding hydrogens is 154 g/mol. The Morgan fingerprint density at radius 3 is 2.75 bits per heavy atom. The quantitative estimate of drug-likeness (QED) is 0.591. The summed E-state index contributed by atoms with van der Waals surface area (Å²) in [6.07, 6.45) is 0. The normalized spacial score (nSPS) is 9.83. The molecule has 1 aromatic carbocycles. The van der Waals surface area contributed by atoms with Gasteiger partial charge in [-0.3, -0.25) is 0 Å². The Bertz CT molecular complexity index is 240. The van der Waals surface area contributed by atoms with Gasteiger partial charge in [0.25, 0.3) is 0 Å². The molecule has 3 N–H and O–H groups in total. The van der Waals surface area contributed by atoms with E-state index in [0.717, 1.165) is 5.56 Å². The van der Waals surface area contributed by atoms with E-state index >= 15 is 0 Å². The highest BCUT2D eigenvalue weighted by Crippen LogP contribution is 2.25. The van der Waals surface area contributed by atoms with Gasteiger partial charge >= 0.3 is 0 Å². The Morgan fingerprint density at radius 2 is 2.17 bits per heavy atom. The molecule has 1 aromatic rings. The molecule has 0 aromatic heterocycles. The van der Waals surface area contributed by atoms with E-state index in [1.54, 1.807) is 12.1 Å². The van der Waals surface area contributed by atoms with E-state index in [0.29, 0.717) is 12.2 Å². The number of phenols is 1. The minimum atomic E-state index is 0.0633. The lowest BCUT2D eigenvalue weighted by Gasteiger charge is -2.09. The van der Waals surface area contributed by atoms with Crippen LogP contribution in [-0.2, 0) is 0 Å². The van der Waals surface area contributed by atoms with Gasteiger partial charge in [-0.05, 0) is 18.6 Å². The maximum atomic E-state index is 9.37. The first-order valence-corrected chi connectivity index (χ1v) is 3.89. The van der Waals surface area contributed by atoms with Crippen LogP contribution in [0.3, 0.4) is 0 Å². The predicted octanol–water partition coefficient (Wildman–Crippen LogP) is 1.10. The van der Waals surface area contributed by atoms with Crippen molar-refractivity contribution in [3.63, 3.8) is 0 Å². The van der Waals surface area contributed by atoms with Gasteiger partial charge in [0.2, 0.25) is 0 Å². The van der Waals surface area contributed by atoms with Gasteiger partial charge in [-0.15, -0.1) is 0 Å². The topological polar surface area (TPSA) is 52.5 Å². The predicted molar refractivity (Wildman–Crippen MR) is 48.4 cm³/mol. The molecule has 12 heavy (non-hydrogen) atoms. The highest BCUT2D eigenvalue weighted by Gasteiger charge is 2.01. The third-order valence-corrected chi connectivity index (χ3v) is 1.66. The van der Waals surface area contributed by atoms with Gasteiger partial charge in [0.1, 0.15) is 5.75 Å². The number of nitrogens with one attached hydrogen (secondary N) is 1. The van der Waals surface area contributed by atoms with E-state index in [2.05, 4.69) is 5.32 Å². The van der Waals surface area contributed by atoms with Gasteiger partial charge in [0, 0.05) is 6.54 Å². The van der Waals surface area contributed by atoms with E-state index in [4.69, 9.17) is 5.11 Å². The van der Waals surface area contributed by atoms with Crippen LogP contribution in [0, 0.1) is 6.92 Å². The van der Waals surface area contributed by atoms with Crippen LogP contribution >= 0.6 is 0 Å². The van der Waals surface area contributed by atoms with Crippen molar-refractivity contribution in [3.8, 4) is 5.75 Å². The van der Waals surface area contributed by atoms with Gasteiger partial charge in [-0.1, -0.05) is 12.1 Å². The fourth-order valence-corrected chi connectivity index (χ4v) is 1.06. The van der Waals surface area contributed by atoms with Gasteiger partial charge < -0.3 is 15.5 Å². The number of aromatic hydroxyl groups is 1. The lowest BCUT2D eigenvalue weighted by atomic mass is 10.2. The maximum Gasteiger partial charge on any atom is 0.138 e. The number of aryl methyl sites for hydroxylation is 1. The third kappa shape index (κ3) is 1.89. The fourth-order valence-electron chi connectivity index (χ4n) is 1.06. The van der Waals surface area contributed by atoms with Crippen molar-refractivity contribution in [2.45, 2.75) is 6.92 Å². The highest BCUT2D eigenvalue weighted by molar-refractivity contribution is 5.60. The van der Waals surface area contributed by atoms with Crippen LogP contribution in [-0.4, -0.2) is 23.4 Å². The molecule has 0 aliphatic carbocycles. The number of para-hydroxylation sites is 1. The highest BCUT2D eigenvalue weighted by atomic mass is 16.3. The second-order valence-corrected chi connectivity index (χ2v) is 2.62. The molecule has 0 saturated carbocycles. The first-order chi connectivity index (χ1) is 5.75. The SMILES string of the molecule is Cc1cccc(O)c1NCCO. The summed E-state index contributed by atoms with van der Waals surface area (Å²) in [6.45, 7) is 2.42. The summed E-state index contributed by atoms with van der Waals surface area (Å²) < 4.78 is 0. The Morgan fingerprint density at radius 1 is 1.42 bits per heavy atom. The smallest absolute Gasteiger partial charge is 0.138 e. The summed E-state index contributed by atoms with van der Waals surface area (Å²) in [5.74, 6) is 0.225. The maximum absolute atomic E-state index is 9.37. The summed E-state index contributed by atoms with van der Waals surface area (Å²) in [7, 11) is 0. The molecule has 0 saturated heterocycles. The molecule has 3 nitrogen and oxygen atoms in total. The van der Waals surface area contributed by atoms with E-state index in [-0.39, 0.29) is 12.4 Å². The average molecular weight is 167 g/mol. The fraction of sp³-hybridized carbons (Fsp3) is 0.333. The molecule has 0 heterocycles. The Labute approximate surface area is 71.7 Å². The van der Waals surface area contributed by atoms with Crippen LogP contribution in [0.25, 0.3) is 0 Å². The second-order valence-electron chi connectivity index (χ2n) is 2.62. The van der Waals surface area contributed by atoms with Crippen molar-refractivity contribution in [3.05, 3.63) is 23.8 Å². The minimum absolute atomic E-state index is 0.0633. The molecular formula is C9H13NO2. The lowest BCUT2D eigenvalue weighted by Crippen LogP contribution is -2.06. The van der Waals surface area contributed by atoms with E-state index in [1.165, 1.54) is 0 Å². The third-order valence-electron chi connectivity index (χ3n) is 1.66. The van der Waals surface area contributed by atoms with Crippen LogP contribution in [0.1, 0.15) is 5.56 Å². The number of benzene rings is 1. The summed E-state index contributed by atoms with van der Waals surface area (Å²) in [5, 5.41) is 20.9. The zero-order valence-corrected chi connectivity index (χ0v) is 7.04. The Hall–Kier alpha value is -1.22. The number of rotatable bonds is 3. The summed E-state index contributed by atoms with van der Waals surface area (Å²) in [5.41, 5.74) is 1.68. The molecule has 0 fully saturated rings. The van der Waals surface area contributed by atoms with Crippen LogP contribution in [0.5, 0.6) is 5.75 Å². The van der Waals surface area contributed by atoms with E-state index in [9.17, 15) is 5.11 Å². The number of hydrogen-bond acceptors (Lipinski definition) is 3. The average Bonchev–Trinajstić information content (AvgIpc) is 2.04. The molecule has 3 heteroatoms.